The third kappa shape index (κ3) is 1.86. The van der Waals surface area contributed by atoms with Gasteiger partial charge in [-0.25, -0.2) is 0 Å². The number of hydrogen-bond acceptors (Lipinski definition) is 1. The molecule has 3 nitrogen and oxygen atoms in total. The Bertz CT molecular complexity index is 529. The highest BCUT2D eigenvalue weighted by molar-refractivity contribution is 5.39. The van der Waals surface area contributed by atoms with E-state index in [1.54, 1.807) is 6.07 Å². The number of nitrogens with one attached hydrogen (secondary N) is 1. The van der Waals surface area contributed by atoms with E-state index < -0.39 is 0 Å². The van der Waals surface area contributed by atoms with Gasteiger partial charge in [0.2, 0.25) is 0 Å². The van der Waals surface area contributed by atoms with Gasteiger partial charge in [0, 0.05) is 11.8 Å². The van der Waals surface area contributed by atoms with Gasteiger partial charge in [0.15, 0.2) is 0 Å². The van der Waals surface area contributed by atoms with Crippen LogP contribution in [0, 0.1) is 20.8 Å². The zero-order chi connectivity index (χ0) is 11.0. The van der Waals surface area contributed by atoms with Crippen molar-refractivity contribution in [2.45, 2.75) is 20.8 Å². The minimum Gasteiger partial charge on any atom is -0.268 e. The van der Waals surface area contributed by atoms with Crippen LogP contribution in [-0.2, 0) is 0 Å². The minimum absolute atomic E-state index is 0.0633. The lowest BCUT2D eigenvalue weighted by atomic mass is 10.1. The molecular formula is C12H14N2O. The second-order valence-electron chi connectivity index (χ2n) is 3.94. The zero-order valence-corrected chi connectivity index (χ0v) is 9.16. The van der Waals surface area contributed by atoms with E-state index in [9.17, 15) is 4.79 Å². The van der Waals surface area contributed by atoms with E-state index >= 15 is 0 Å². The lowest BCUT2D eigenvalue weighted by Gasteiger charge is -2.07. The van der Waals surface area contributed by atoms with Gasteiger partial charge in [-0.2, -0.15) is 0 Å². The standard InChI is InChI=1S/C12H14N2O/c1-8-4-9(2)6-11(5-8)14-10(3)7-12(15)13-14/h4-7H,1-3H3,(H,13,15). The molecule has 1 N–H and O–H groups in total. The van der Waals surface area contributed by atoms with Crippen molar-refractivity contribution in [3.63, 3.8) is 0 Å². The molecule has 0 radical (unpaired) electrons. The fourth-order valence-electron chi connectivity index (χ4n) is 1.83. The smallest absolute Gasteiger partial charge is 0.264 e. The summed E-state index contributed by atoms with van der Waals surface area (Å²) in [5.41, 5.74) is 4.25. The molecule has 0 fully saturated rings. The molecule has 0 saturated carbocycles. The molecule has 2 rings (SSSR count). The topological polar surface area (TPSA) is 37.8 Å². The molecule has 0 aliphatic carbocycles. The fraction of sp³-hybridized carbons (Fsp3) is 0.250. The Labute approximate surface area is 88.4 Å². The summed E-state index contributed by atoms with van der Waals surface area (Å²) in [6.45, 7) is 6.01. The summed E-state index contributed by atoms with van der Waals surface area (Å²) >= 11 is 0. The molecule has 0 atom stereocenters. The van der Waals surface area contributed by atoms with Crippen molar-refractivity contribution in [1.82, 2.24) is 9.78 Å². The third-order valence-corrected chi connectivity index (χ3v) is 2.38. The Kier molecular flexibility index (Phi) is 2.23. The molecule has 1 aromatic heterocycles. The maximum absolute atomic E-state index is 11.2. The summed E-state index contributed by atoms with van der Waals surface area (Å²) in [5, 5.41) is 2.78. The summed E-state index contributed by atoms with van der Waals surface area (Å²) in [7, 11) is 0. The van der Waals surface area contributed by atoms with Gasteiger partial charge in [-0.05, 0) is 44.0 Å². The van der Waals surface area contributed by atoms with Crippen LogP contribution < -0.4 is 5.56 Å². The Morgan fingerprint density at radius 2 is 1.60 bits per heavy atom. The van der Waals surface area contributed by atoms with Crippen molar-refractivity contribution in [3.05, 3.63) is 51.4 Å². The second-order valence-corrected chi connectivity index (χ2v) is 3.94. The van der Waals surface area contributed by atoms with E-state index in [1.807, 2.05) is 25.5 Å². The van der Waals surface area contributed by atoms with Gasteiger partial charge in [-0.15, -0.1) is 0 Å². The van der Waals surface area contributed by atoms with Crippen LogP contribution in [0.4, 0.5) is 0 Å². The number of aromatic amines is 1. The van der Waals surface area contributed by atoms with Crippen LogP contribution in [0.1, 0.15) is 16.8 Å². The number of rotatable bonds is 1. The molecule has 0 unspecified atom stereocenters. The Balaban J connectivity index is 2.63. The molecule has 1 aromatic carbocycles. The second kappa shape index (κ2) is 3.42. The molecule has 15 heavy (non-hydrogen) atoms. The lowest BCUT2D eigenvalue weighted by Crippen LogP contribution is -2.04. The summed E-state index contributed by atoms with van der Waals surface area (Å²) in [6, 6.07) is 7.81. The largest absolute Gasteiger partial charge is 0.268 e. The van der Waals surface area contributed by atoms with E-state index in [4.69, 9.17) is 0 Å². The van der Waals surface area contributed by atoms with Crippen molar-refractivity contribution in [2.24, 2.45) is 0 Å². The molecule has 0 spiro atoms. The number of aryl methyl sites for hydroxylation is 3. The van der Waals surface area contributed by atoms with Crippen LogP contribution in [0.25, 0.3) is 5.69 Å². The molecule has 0 saturated heterocycles. The van der Waals surface area contributed by atoms with Crippen LogP contribution in [0.5, 0.6) is 0 Å². The first-order chi connectivity index (χ1) is 7.06. The number of aromatic nitrogens is 2. The minimum atomic E-state index is -0.0633. The summed E-state index contributed by atoms with van der Waals surface area (Å²) in [5.74, 6) is 0. The highest BCUT2D eigenvalue weighted by atomic mass is 16.1. The maximum Gasteiger partial charge on any atom is 0.264 e. The fourth-order valence-corrected chi connectivity index (χ4v) is 1.83. The van der Waals surface area contributed by atoms with Crippen molar-refractivity contribution < 1.29 is 0 Å². The van der Waals surface area contributed by atoms with Crippen molar-refractivity contribution in [1.29, 1.82) is 0 Å². The van der Waals surface area contributed by atoms with Gasteiger partial charge in [-0.1, -0.05) is 6.07 Å². The Morgan fingerprint density at radius 1 is 1.00 bits per heavy atom. The Hall–Kier alpha value is -1.77. The third-order valence-electron chi connectivity index (χ3n) is 2.38. The van der Waals surface area contributed by atoms with Crippen LogP contribution >= 0.6 is 0 Å². The van der Waals surface area contributed by atoms with Gasteiger partial charge in [0.25, 0.3) is 5.56 Å². The van der Waals surface area contributed by atoms with E-state index in [0.29, 0.717) is 0 Å². The summed E-state index contributed by atoms with van der Waals surface area (Å²) in [4.78, 5) is 11.2. The number of H-pyrrole nitrogens is 1. The first-order valence-electron chi connectivity index (χ1n) is 4.93. The average Bonchev–Trinajstić information content (AvgIpc) is 2.43. The highest BCUT2D eigenvalue weighted by Gasteiger charge is 2.03. The van der Waals surface area contributed by atoms with E-state index in [2.05, 4.69) is 23.3 Å². The maximum atomic E-state index is 11.2. The van der Waals surface area contributed by atoms with Gasteiger partial charge < -0.3 is 0 Å². The number of benzene rings is 1. The van der Waals surface area contributed by atoms with E-state index in [0.717, 1.165) is 11.4 Å². The lowest BCUT2D eigenvalue weighted by molar-refractivity contribution is 0.832. The van der Waals surface area contributed by atoms with Crippen LogP contribution in [0.15, 0.2) is 29.1 Å². The monoisotopic (exact) mass is 202 g/mol. The van der Waals surface area contributed by atoms with Crippen molar-refractivity contribution >= 4 is 0 Å². The SMILES string of the molecule is Cc1cc(C)cc(-n2[nH]c(=O)cc2C)c1. The molecule has 0 aliphatic heterocycles. The zero-order valence-electron chi connectivity index (χ0n) is 9.16. The molecule has 3 heteroatoms. The predicted molar refractivity (Wildman–Crippen MR) is 60.6 cm³/mol. The van der Waals surface area contributed by atoms with Crippen molar-refractivity contribution in [2.75, 3.05) is 0 Å². The van der Waals surface area contributed by atoms with Gasteiger partial charge >= 0.3 is 0 Å². The van der Waals surface area contributed by atoms with E-state index in [-0.39, 0.29) is 5.56 Å². The number of hydrogen-bond donors (Lipinski definition) is 1. The summed E-state index contributed by atoms with van der Waals surface area (Å²) < 4.78 is 1.81. The van der Waals surface area contributed by atoms with Crippen molar-refractivity contribution in [3.8, 4) is 5.69 Å². The van der Waals surface area contributed by atoms with E-state index in [1.165, 1.54) is 11.1 Å². The average molecular weight is 202 g/mol. The normalized spacial score (nSPS) is 10.6. The Morgan fingerprint density at radius 3 is 2.07 bits per heavy atom. The predicted octanol–water partition coefficient (Wildman–Crippen LogP) is 2.09. The first-order valence-corrected chi connectivity index (χ1v) is 4.93. The van der Waals surface area contributed by atoms with Crippen LogP contribution in [0.2, 0.25) is 0 Å². The number of nitrogens with zero attached hydrogens (tertiary/aromatic N) is 1. The molecule has 0 amide bonds. The van der Waals surface area contributed by atoms with Gasteiger partial charge in [0.05, 0.1) is 5.69 Å². The molecule has 2 aromatic rings. The quantitative estimate of drug-likeness (QED) is 0.755. The van der Waals surface area contributed by atoms with Crippen LogP contribution in [-0.4, -0.2) is 9.78 Å². The van der Waals surface area contributed by atoms with Crippen LogP contribution in [0.3, 0.4) is 0 Å². The highest BCUT2D eigenvalue weighted by Crippen LogP contribution is 2.13. The summed E-state index contributed by atoms with van der Waals surface area (Å²) in [6.07, 6.45) is 0. The molecule has 1 heterocycles. The molecule has 78 valence electrons. The van der Waals surface area contributed by atoms with Gasteiger partial charge in [0.1, 0.15) is 0 Å². The molecule has 0 bridgehead atoms. The van der Waals surface area contributed by atoms with Gasteiger partial charge in [-0.3, -0.25) is 14.6 Å². The first kappa shape index (κ1) is 9.77. The molecular weight excluding hydrogens is 188 g/mol. The molecule has 0 aliphatic rings.